The largest absolute Gasteiger partial charge is 0.493 e. The molecule has 0 fully saturated rings. The fourth-order valence-electron chi connectivity index (χ4n) is 2.51. The summed E-state index contributed by atoms with van der Waals surface area (Å²) in [6.07, 6.45) is 0. The van der Waals surface area contributed by atoms with Crippen LogP contribution in [0.5, 0.6) is 11.5 Å². The predicted molar refractivity (Wildman–Crippen MR) is 113 cm³/mol. The maximum atomic E-state index is 12.2. The van der Waals surface area contributed by atoms with Gasteiger partial charge in [0.25, 0.3) is 5.91 Å². The van der Waals surface area contributed by atoms with E-state index in [1.165, 1.54) is 11.8 Å². The van der Waals surface area contributed by atoms with Gasteiger partial charge in [-0.2, -0.15) is 0 Å². The standard InChI is InChI=1S/C20H21ClN4O3S/c1-25-18(13-22-19(26)14-7-9-15(21)10-8-14)23-24-20(25)29-12-11-28-17-6-4-3-5-16(17)27-2/h3-10H,11-13H2,1-2H3,(H,22,26). The fraction of sp³-hybridized carbons (Fsp3) is 0.250. The van der Waals surface area contributed by atoms with Gasteiger partial charge in [0.05, 0.1) is 20.3 Å². The molecule has 0 unspecified atom stereocenters. The molecule has 0 atom stereocenters. The molecule has 0 bridgehead atoms. The molecule has 1 N–H and O–H groups in total. The van der Waals surface area contributed by atoms with Crippen LogP contribution >= 0.6 is 23.4 Å². The van der Waals surface area contributed by atoms with Crippen LogP contribution in [0.2, 0.25) is 5.02 Å². The van der Waals surface area contributed by atoms with E-state index < -0.39 is 0 Å². The summed E-state index contributed by atoms with van der Waals surface area (Å²) in [7, 11) is 3.48. The normalized spacial score (nSPS) is 10.6. The summed E-state index contributed by atoms with van der Waals surface area (Å²) in [5.41, 5.74) is 0.541. The van der Waals surface area contributed by atoms with E-state index in [0.29, 0.717) is 40.3 Å². The number of hydrogen-bond acceptors (Lipinski definition) is 6. The Kier molecular flexibility index (Phi) is 7.37. The molecule has 152 valence electrons. The number of rotatable bonds is 9. The Balaban J connectivity index is 1.47. The van der Waals surface area contributed by atoms with Gasteiger partial charge in [0, 0.05) is 23.4 Å². The zero-order chi connectivity index (χ0) is 20.6. The van der Waals surface area contributed by atoms with Gasteiger partial charge in [0.15, 0.2) is 22.5 Å². The highest BCUT2D eigenvalue weighted by Gasteiger charge is 2.12. The van der Waals surface area contributed by atoms with Gasteiger partial charge in [0.1, 0.15) is 0 Å². The van der Waals surface area contributed by atoms with E-state index in [0.717, 1.165) is 5.16 Å². The highest BCUT2D eigenvalue weighted by Crippen LogP contribution is 2.26. The number of para-hydroxylation sites is 2. The van der Waals surface area contributed by atoms with Gasteiger partial charge < -0.3 is 19.4 Å². The monoisotopic (exact) mass is 432 g/mol. The Labute approximate surface area is 178 Å². The topological polar surface area (TPSA) is 78.3 Å². The van der Waals surface area contributed by atoms with Gasteiger partial charge in [-0.1, -0.05) is 35.5 Å². The molecule has 1 aromatic heterocycles. The van der Waals surface area contributed by atoms with E-state index in [2.05, 4.69) is 15.5 Å². The van der Waals surface area contributed by atoms with Crippen LogP contribution in [0.15, 0.2) is 53.7 Å². The third-order valence-corrected chi connectivity index (χ3v) is 5.32. The van der Waals surface area contributed by atoms with E-state index in [4.69, 9.17) is 21.1 Å². The maximum absolute atomic E-state index is 12.2. The van der Waals surface area contributed by atoms with Crippen LogP contribution in [-0.2, 0) is 13.6 Å². The molecule has 7 nitrogen and oxygen atoms in total. The number of amides is 1. The predicted octanol–water partition coefficient (Wildman–Crippen LogP) is 3.58. The number of nitrogens with one attached hydrogen (secondary N) is 1. The first kappa shape index (κ1) is 21.0. The summed E-state index contributed by atoms with van der Waals surface area (Å²) in [5.74, 6) is 2.58. The average Bonchev–Trinajstić information content (AvgIpc) is 3.09. The number of aromatic nitrogens is 3. The van der Waals surface area contributed by atoms with Crippen LogP contribution in [-0.4, -0.2) is 40.1 Å². The first-order valence-corrected chi connectivity index (χ1v) is 10.3. The summed E-state index contributed by atoms with van der Waals surface area (Å²) in [6.45, 7) is 0.782. The molecular formula is C20H21ClN4O3S. The van der Waals surface area contributed by atoms with Gasteiger partial charge in [-0.3, -0.25) is 4.79 Å². The van der Waals surface area contributed by atoms with Crippen molar-refractivity contribution in [1.29, 1.82) is 0 Å². The van der Waals surface area contributed by atoms with E-state index in [1.807, 2.05) is 35.9 Å². The Bertz CT molecular complexity index is 963. The third-order valence-electron chi connectivity index (χ3n) is 4.08. The van der Waals surface area contributed by atoms with Crippen molar-refractivity contribution in [3.63, 3.8) is 0 Å². The van der Waals surface area contributed by atoms with Gasteiger partial charge in [-0.25, -0.2) is 0 Å². The molecule has 0 spiro atoms. The zero-order valence-corrected chi connectivity index (χ0v) is 17.7. The molecule has 0 saturated heterocycles. The lowest BCUT2D eigenvalue weighted by atomic mass is 10.2. The van der Waals surface area contributed by atoms with Crippen LogP contribution in [0.4, 0.5) is 0 Å². The van der Waals surface area contributed by atoms with E-state index in [1.54, 1.807) is 31.4 Å². The van der Waals surface area contributed by atoms with Crippen LogP contribution in [0.1, 0.15) is 16.2 Å². The molecule has 0 aliphatic heterocycles. The van der Waals surface area contributed by atoms with Crippen molar-refractivity contribution < 1.29 is 14.3 Å². The molecule has 0 radical (unpaired) electrons. The number of benzene rings is 2. The van der Waals surface area contributed by atoms with Gasteiger partial charge in [0.2, 0.25) is 0 Å². The highest BCUT2D eigenvalue weighted by atomic mass is 35.5. The van der Waals surface area contributed by atoms with Crippen molar-refractivity contribution in [2.45, 2.75) is 11.7 Å². The molecule has 0 saturated carbocycles. The summed E-state index contributed by atoms with van der Waals surface area (Å²) in [5, 5.41) is 12.5. The molecule has 1 amide bonds. The smallest absolute Gasteiger partial charge is 0.251 e. The molecule has 29 heavy (non-hydrogen) atoms. The number of halogens is 1. The maximum Gasteiger partial charge on any atom is 0.251 e. The first-order valence-electron chi connectivity index (χ1n) is 8.89. The van der Waals surface area contributed by atoms with E-state index in [9.17, 15) is 4.79 Å². The lowest BCUT2D eigenvalue weighted by molar-refractivity contribution is 0.0949. The number of methoxy groups -OCH3 is 1. The SMILES string of the molecule is COc1ccccc1OCCSc1nnc(CNC(=O)c2ccc(Cl)cc2)n1C. The quantitative estimate of drug-likeness (QED) is 0.411. The Morgan fingerprint density at radius 2 is 1.86 bits per heavy atom. The van der Waals surface area contributed by atoms with Crippen LogP contribution in [0.3, 0.4) is 0 Å². The summed E-state index contributed by atoms with van der Waals surface area (Å²) >= 11 is 7.37. The van der Waals surface area contributed by atoms with Crippen molar-refractivity contribution in [2.75, 3.05) is 19.5 Å². The van der Waals surface area contributed by atoms with Crippen molar-refractivity contribution in [1.82, 2.24) is 20.1 Å². The number of thioether (sulfide) groups is 1. The highest BCUT2D eigenvalue weighted by molar-refractivity contribution is 7.99. The Hall–Kier alpha value is -2.71. The van der Waals surface area contributed by atoms with Crippen LogP contribution < -0.4 is 14.8 Å². The number of carbonyl (C=O) groups is 1. The first-order chi connectivity index (χ1) is 14.1. The molecule has 3 aromatic rings. The lowest BCUT2D eigenvalue weighted by Crippen LogP contribution is -2.24. The van der Waals surface area contributed by atoms with Crippen molar-refractivity contribution in [3.05, 3.63) is 64.9 Å². The summed E-state index contributed by atoms with van der Waals surface area (Å²) < 4.78 is 12.9. The minimum absolute atomic E-state index is 0.191. The lowest BCUT2D eigenvalue weighted by Gasteiger charge is -2.10. The minimum Gasteiger partial charge on any atom is -0.493 e. The van der Waals surface area contributed by atoms with E-state index in [-0.39, 0.29) is 12.5 Å². The number of ether oxygens (including phenoxy) is 2. The van der Waals surface area contributed by atoms with Gasteiger partial charge >= 0.3 is 0 Å². The molecule has 9 heteroatoms. The Morgan fingerprint density at radius 1 is 1.14 bits per heavy atom. The van der Waals surface area contributed by atoms with Gasteiger partial charge in [-0.15, -0.1) is 10.2 Å². The van der Waals surface area contributed by atoms with E-state index >= 15 is 0 Å². The van der Waals surface area contributed by atoms with Crippen molar-refractivity contribution in [2.24, 2.45) is 7.05 Å². The number of carbonyl (C=O) groups excluding carboxylic acids is 1. The van der Waals surface area contributed by atoms with Crippen LogP contribution in [0, 0.1) is 0 Å². The minimum atomic E-state index is -0.191. The summed E-state index contributed by atoms with van der Waals surface area (Å²) in [4.78, 5) is 12.2. The second kappa shape index (κ2) is 10.2. The molecular weight excluding hydrogens is 412 g/mol. The fourth-order valence-corrected chi connectivity index (χ4v) is 3.38. The molecule has 0 aliphatic carbocycles. The molecule has 1 heterocycles. The second-order valence-electron chi connectivity index (χ2n) is 6.00. The number of hydrogen-bond donors (Lipinski definition) is 1. The summed E-state index contributed by atoms with van der Waals surface area (Å²) in [6, 6.07) is 14.2. The van der Waals surface area contributed by atoms with Crippen molar-refractivity contribution in [3.8, 4) is 11.5 Å². The molecule has 0 aliphatic rings. The number of nitrogens with zero attached hydrogens (tertiary/aromatic N) is 3. The Morgan fingerprint density at radius 3 is 2.59 bits per heavy atom. The third kappa shape index (κ3) is 5.65. The average molecular weight is 433 g/mol. The second-order valence-corrected chi connectivity index (χ2v) is 7.49. The zero-order valence-electron chi connectivity index (χ0n) is 16.1. The van der Waals surface area contributed by atoms with Gasteiger partial charge in [-0.05, 0) is 36.4 Å². The van der Waals surface area contributed by atoms with Crippen LogP contribution in [0.25, 0.3) is 0 Å². The molecule has 3 rings (SSSR count). The van der Waals surface area contributed by atoms with Crippen molar-refractivity contribution >= 4 is 29.3 Å². The molecule has 2 aromatic carbocycles.